The van der Waals surface area contributed by atoms with Crippen molar-refractivity contribution < 1.29 is 58.1 Å². The molecule has 1 aliphatic rings. The maximum absolute atomic E-state index is 14.3. The van der Waals surface area contributed by atoms with Gasteiger partial charge in [-0.15, -0.1) is 0 Å². The smallest absolute Gasteiger partial charge is 0.327 e. The molecule has 0 unspecified atom stereocenters. The first-order valence-corrected chi connectivity index (χ1v) is 24.5. The van der Waals surface area contributed by atoms with E-state index in [0.717, 1.165) is 16.0 Å². The van der Waals surface area contributed by atoms with Crippen LogP contribution in [0.3, 0.4) is 0 Å². The zero-order valence-electron chi connectivity index (χ0n) is 41.7. The molecule has 1 fully saturated rings. The number of ether oxygens (including phenoxy) is 1. The Hall–Kier alpha value is -6.75. The van der Waals surface area contributed by atoms with E-state index in [1.54, 1.807) is 25.5 Å². The number of nitrogens with two attached hydrogens (primary N) is 2. The quantitative estimate of drug-likeness (QED) is 0.0351. The molecule has 71 heavy (non-hydrogen) atoms. The highest BCUT2D eigenvalue weighted by atomic mass is 32.2. The molecule has 12 N–H and O–H groups in total. The molecule has 0 aliphatic carbocycles. The number of thioether (sulfide) groups is 1. The van der Waals surface area contributed by atoms with E-state index in [2.05, 4.69) is 43.5 Å². The summed E-state index contributed by atoms with van der Waals surface area (Å²) in [5, 5.41) is 35.5. The molecule has 0 radical (unpaired) electrons. The number of carboxylic acid groups (broad SMARTS) is 2. The second-order valence-corrected chi connectivity index (χ2v) is 18.4. The Bertz CT molecular complexity index is 2150. The van der Waals surface area contributed by atoms with E-state index in [9.17, 15) is 53.4 Å². The Balaban J connectivity index is 2.68. The summed E-state index contributed by atoms with van der Waals surface area (Å²) in [6.45, 7) is 11.4. The van der Waals surface area contributed by atoms with Crippen LogP contribution in [0.4, 0.5) is 0 Å². The number of methoxy groups -OCH3 is 1. The second kappa shape index (κ2) is 30.1. The monoisotopic (exact) mass is 1010 g/mol. The standard InChI is InChI=1S/C48H72N10O12S/c1-26(24-27(2)37(70-8)25-32-14-11-10-12-15-32)17-18-33-28(3)40(60)56-36(46(66)67)19-20-38(59)58(7)31(6)43(63)52-30(5)42(62)55-34(16-13-22-51-48(49)50)45(65)57-39(47(68)69)29(4)41(61)54-35(21-23-71-9)44(64)53-33/h10-12,14-15,17-18,24,27-30,33-37,39H,6,13,16,19-23,25H2,1-5,7-9H3,(H,52,63)(H,53,64)(H,54,61)(H,55,62)(H,56,60)(H,57,65)(H,66,67)(H,68,69)(H4,49,50,51)/b18-17+,26-24+/t27-,28-,29-,30+,33-,34-,35-,36+,37-,39+/m0/s1. The van der Waals surface area contributed by atoms with Crippen molar-refractivity contribution in [1.29, 1.82) is 0 Å². The third kappa shape index (κ3) is 20.2. The molecule has 10 atom stereocenters. The summed E-state index contributed by atoms with van der Waals surface area (Å²) in [6.07, 6.45) is 6.48. The Labute approximate surface area is 419 Å². The van der Waals surface area contributed by atoms with Crippen molar-refractivity contribution in [3.05, 3.63) is 72.0 Å². The number of allylic oxidation sites excluding steroid dienone is 2. The van der Waals surface area contributed by atoms with Crippen LogP contribution in [0.5, 0.6) is 0 Å². The Morgan fingerprint density at radius 3 is 2.07 bits per heavy atom. The van der Waals surface area contributed by atoms with Gasteiger partial charge in [0.25, 0.3) is 5.91 Å². The van der Waals surface area contributed by atoms with Gasteiger partial charge in [0.15, 0.2) is 5.96 Å². The number of hydrogen-bond donors (Lipinski definition) is 10. The summed E-state index contributed by atoms with van der Waals surface area (Å²) in [5.41, 5.74) is 12.2. The lowest BCUT2D eigenvalue weighted by atomic mass is 9.94. The molecule has 1 heterocycles. The molecular formula is C48H72N10O12S. The lowest BCUT2D eigenvalue weighted by Gasteiger charge is -2.28. The normalized spacial score (nSPS) is 25.2. The van der Waals surface area contributed by atoms with Gasteiger partial charge in [-0.05, 0) is 63.5 Å². The summed E-state index contributed by atoms with van der Waals surface area (Å²) in [5.74, 6) is -12.0. The molecule has 1 saturated heterocycles. The molecule has 0 aromatic heterocycles. The molecule has 1 aliphatic heterocycles. The number of hydrogen-bond acceptors (Lipinski definition) is 12. The molecule has 23 heteroatoms. The second-order valence-electron chi connectivity index (χ2n) is 17.4. The van der Waals surface area contributed by atoms with Gasteiger partial charge in [0.1, 0.15) is 35.9 Å². The van der Waals surface area contributed by atoms with Gasteiger partial charge < -0.3 is 63.2 Å². The summed E-state index contributed by atoms with van der Waals surface area (Å²) >= 11 is 1.35. The summed E-state index contributed by atoms with van der Waals surface area (Å²) in [6, 6.07) is 1.04. The van der Waals surface area contributed by atoms with Gasteiger partial charge in [-0.2, -0.15) is 11.8 Å². The van der Waals surface area contributed by atoms with E-state index in [-0.39, 0.29) is 43.8 Å². The zero-order valence-corrected chi connectivity index (χ0v) is 42.5. The lowest BCUT2D eigenvalue weighted by Crippen LogP contribution is -2.59. The first-order valence-electron chi connectivity index (χ1n) is 23.1. The Morgan fingerprint density at radius 2 is 1.48 bits per heavy atom. The fraction of sp³-hybridized carbons (Fsp3) is 0.542. The highest BCUT2D eigenvalue weighted by Crippen LogP contribution is 2.19. The number of carbonyl (C=O) groups excluding carboxylic acids is 7. The van der Waals surface area contributed by atoms with E-state index in [1.807, 2.05) is 50.3 Å². The number of amides is 7. The average Bonchev–Trinajstić information content (AvgIpc) is 3.32. The third-order valence-electron chi connectivity index (χ3n) is 11.9. The Morgan fingerprint density at radius 1 is 0.873 bits per heavy atom. The number of nitrogens with one attached hydrogen (secondary N) is 6. The topological polar surface area (TPSA) is 343 Å². The van der Waals surface area contributed by atoms with Crippen LogP contribution in [0.2, 0.25) is 0 Å². The van der Waals surface area contributed by atoms with Crippen LogP contribution in [-0.4, -0.2) is 149 Å². The van der Waals surface area contributed by atoms with Gasteiger partial charge in [0.05, 0.1) is 24.0 Å². The summed E-state index contributed by atoms with van der Waals surface area (Å²) in [4.78, 5) is 126. The minimum atomic E-state index is -1.89. The fourth-order valence-electron chi connectivity index (χ4n) is 7.26. The van der Waals surface area contributed by atoms with Crippen LogP contribution < -0.4 is 43.4 Å². The van der Waals surface area contributed by atoms with Crippen molar-refractivity contribution in [3.8, 4) is 0 Å². The molecule has 0 bridgehead atoms. The van der Waals surface area contributed by atoms with Crippen molar-refractivity contribution in [2.24, 2.45) is 34.2 Å². The maximum Gasteiger partial charge on any atom is 0.327 e. The Kier molecular flexibility index (Phi) is 25.6. The molecule has 22 nitrogen and oxygen atoms in total. The highest BCUT2D eigenvalue weighted by molar-refractivity contribution is 7.98. The van der Waals surface area contributed by atoms with Crippen LogP contribution >= 0.6 is 11.8 Å². The largest absolute Gasteiger partial charge is 0.480 e. The summed E-state index contributed by atoms with van der Waals surface area (Å²) in [7, 11) is 2.82. The van der Waals surface area contributed by atoms with Crippen LogP contribution in [0.25, 0.3) is 0 Å². The van der Waals surface area contributed by atoms with Crippen molar-refractivity contribution in [1.82, 2.24) is 36.8 Å². The minimum Gasteiger partial charge on any atom is -0.480 e. The SMILES string of the molecule is C=C1C(=O)N[C@H](C)C(=O)N[C@@H](CCCN=C(N)N)C(=O)N[C@@H](C(=O)O)[C@H](C)C(=O)N[C@@H](CCSC)C(=O)N[C@@H](/C=C/C(C)=C/[C@H](C)[C@H](Cc2ccccc2)OC)[C@H](C)C(=O)N[C@@H](C(=O)O)CCC(=O)N1C. The maximum atomic E-state index is 14.3. The molecule has 1 aromatic carbocycles. The van der Waals surface area contributed by atoms with Crippen molar-refractivity contribution in [2.45, 2.75) is 115 Å². The van der Waals surface area contributed by atoms with Crippen molar-refractivity contribution in [2.75, 3.05) is 32.7 Å². The number of benzene rings is 1. The molecule has 2 rings (SSSR count). The van der Waals surface area contributed by atoms with Crippen LogP contribution in [0, 0.1) is 17.8 Å². The molecule has 7 amide bonds. The van der Waals surface area contributed by atoms with Gasteiger partial charge in [0.2, 0.25) is 35.4 Å². The predicted octanol–water partition coefficient (Wildman–Crippen LogP) is 0.325. The summed E-state index contributed by atoms with van der Waals surface area (Å²) < 4.78 is 5.81. The number of carbonyl (C=O) groups is 9. The average molecular weight is 1010 g/mol. The van der Waals surface area contributed by atoms with Gasteiger partial charge in [-0.1, -0.05) is 81.5 Å². The zero-order chi connectivity index (χ0) is 53.5. The first kappa shape index (κ1) is 60.4. The number of aliphatic imine (C=N–C) groups is 1. The van der Waals surface area contributed by atoms with E-state index in [0.29, 0.717) is 12.2 Å². The van der Waals surface area contributed by atoms with Crippen molar-refractivity contribution >= 4 is 71.0 Å². The first-order chi connectivity index (χ1) is 33.4. The number of likely N-dealkylation sites (N-methyl/N-ethyl adjacent to an activating group) is 1. The van der Waals surface area contributed by atoms with Crippen LogP contribution in [-0.2, 0) is 54.3 Å². The number of guanidine groups is 1. The molecule has 1 aromatic rings. The van der Waals surface area contributed by atoms with E-state index < -0.39 is 120 Å². The van der Waals surface area contributed by atoms with E-state index >= 15 is 0 Å². The minimum absolute atomic E-state index is 0.0154. The predicted molar refractivity (Wildman–Crippen MR) is 268 cm³/mol. The van der Waals surface area contributed by atoms with Crippen LogP contribution in [0.15, 0.2) is 71.4 Å². The van der Waals surface area contributed by atoms with E-state index in [1.165, 1.54) is 39.6 Å². The highest BCUT2D eigenvalue weighted by Gasteiger charge is 2.37. The molecule has 392 valence electrons. The van der Waals surface area contributed by atoms with Crippen molar-refractivity contribution in [3.63, 3.8) is 0 Å². The number of rotatable bonds is 16. The van der Waals surface area contributed by atoms with Crippen LogP contribution in [0.1, 0.15) is 72.3 Å². The van der Waals surface area contributed by atoms with Gasteiger partial charge in [-0.25, -0.2) is 9.59 Å². The molecular weight excluding hydrogens is 941 g/mol. The number of aliphatic carboxylic acids is 2. The molecule has 0 saturated carbocycles. The fourth-order valence-corrected chi connectivity index (χ4v) is 7.73. The van der Waals surface area contributed by atoms with Gasteiger partial charge in [-0.3, -0.25) is 38.6 Å². The third-order valence-corrected chi connectivity index (χ3v) is 12.5. The number of carboxylic acids is 2. The van der Waals surface area contributed by atoms with Gasteiger partial charge in [0, 0.05) is 33.0 Å². The lowest BCUT2D eigenvalue weighted by molar-refractivity contribution is -0.146. The number of nitrogens with zero attached hydrogens (tertiary/aromatic N) is 2. The van der Waals surface area contributed by atoms with Gasteiger partial charge >= 0.3 is 11.9 Å². The van der Waals surface area contributed by atoms with E-state index in [4.69, 9.17) is 16.2 Å². The molecule has 0 spiro atoms.